The zero-order valence-corrected chi connectivity index (χ0v) is 39.4. The van der Waals surface area contributed by atoms with Crippen LogP contribution in [0.1, 0.15) is 200 Å². The van der Waals surface area contributed by atoms with Crippen molar-refractivity contribution in [3.8, 4) is 0 Å². The molecule has 2 unspecified atom stereocenters. The van der Waals surface area contributed by atoms with E-state index in [1.165, 1.54) is 83.5 Å². The number of nitrogens with zero attached hydrogens (tertiary/aromatic N) is 1. The molecule has 0 aliphatic heterocycles. The third kappa shape index (κ3) is 40.4. The lowest BCUT2D eigenvalue weighted by Gasteiger charge is -2.34. The molecule has 0 bridgehead atoms. The lowest BCUT2D eigenvalue weighted by Crippen LogP contribution is -2.55. The first-order valence-corrected chi connectivity index (χ1v) is 24.4. The summed E-state index contributed by atoms with van der Waals surface area (Å²) in [6.07, 6.45) is 52.4. The van der Waals surface area contributed by atoms with Gasteiger partial charge in [0.25, 0.3) is 0 Å². The third-order valence-corrected chi connectivity index (χ3v) is 10.7. The Morgan fingerprint density at radius 2 is 0.883 bits per heavy atom. The Morgan fingerprint density at radius 1 is 0.500 bits per heavy atom. The largest absolute Gasteiger partial charge is 0.544 e. The van der Waals surface area contributed by atoms with Crippen molar-refractivity contribution in [2.24, 2.45) is 0 Å². The van der Waals surface area contributed by atoms with Crippen molar-refractivity contribution < 1.29 is 38.2 Å². The molecule has 0 aromatic carbocycles. The van der Waals surface area contributed by atoms with Gasteiger partial charge in [0.05, 0.1) is 40.3 Å². The highest BCUT2D eigenvalue weighted by Crippen LogP contribution is 2.13. The Morgan fingerprint density at radius 3 is 1.30 bits per heavy atom. The maximum Gasteiger partial charge on any atom is 0.306 e. The lowest BCUT2D eigenvalue weighted by atomic mass is 10.1. The molecule has 8 nitrogen and oxygen atoms in total. The number of hydrogen-bond acceptors (Lipinski definition) is 7. The molecule has 0 aliphatic carbocycles. The molecule has 0 heterocycles. The van der Waals surface area contributed by atoms with Crippen LogP contribution in [0.15, 0.2) is 60.8 Å². The molecule has 346 valence electrons. The maximum atomic E-state index is 12.8. The molecule has 0 rings (SSSR count). The second-order valence-corrected chi connectivity index (χ2v) is 17.4. The molecule has 0 aliphatic rings. The van der Waals surface area contributed by atoms with Crippen molar-refractivity contribution >= 4 is 17.9 Å². The minimum atomic E-state index is -1.13. The van der Waals surface area contributed by atoms with Crippen LogP contribution in [0.5, 0.6) is 0 Å². The fourth-order valence-corrected chi connectivity index (χ4v) is 6.89. The molecule has 0 radical (unpaired) electrons. The number of carbonyl (C=O) groups is 3. The van der Waals surface area contributed by atoms with Crippen LogP contribution >= 0.6 is 0 Å². The van der Waals surface area contributed by atoms with E-state index in [-0.39, 0.29) is 42.7 Å². The number of esters is 2. The summed E-state index contributed by atoms with van der Waals surface area (Å²) in [5.41, 5.74) is 0. The molecule has 0 fully saturated rings. The average Bonchev–Trinajstić information content (AvgIpc) is 3.21. The highest BCUT2D eigenvalue weighted by Gasteiger charge is 2.25. The first-order chi connectivity index (χ1) is 29.1. The van der Waals surface area contributed by atoms with Gasteiger partial charge in [-0.1, -0.05) is 177 Å². The number of ether oxygens (including phenoxy) is 3. The van der Waals surface area contributed by atoms with Crippen molar-refractivity contribution in [1.29, 1.82) is 0 Å². The molecule has 8 heteroatoms. The van der Waals surface area contributed by atoms with Crippen LogP contribution in [0.4, 0.5) is 0 Å². The van der Waals surface area contributed by atoms with Gasteiger partial charge in [0.15, 0.2) is 6.10 Å². The van der Waals surface area contributed by atoms with E-state index in [0.717, 1.165) is 83.5 Å². The number of aliphatic carboxylic acids is 1. The monoisotopic (exact) mass is 842 g/mol. The first-order valence-electron chi connectivity index (χ1n) is 24.4. The van der Waals surface area contributed by atoms with Gasteiger partial charge in [-0.3, -0.25) is 9.59 Å². The van der Waals surface area contributed by atoms with Crippen LogP contribution < -0.4 is 5.11 Å². The number of allylic oxidation sites excluding steroid dienone is 10. The van der Waals surface area contributed by atoms with Crippen LogP contribution in [-0.4, -0.2) is 75.5 Å². The molecule has 0 amide bonds. The zero-order valence-electron chi connectivity index (χ0n) is 39.4. The van der Waals surface area contributed by atoms with Gasteiger partial charge in [-0.15, -0.1) is 0 Å². The number of carboxylic acids is 1. The number of hydrogen-bond donors (Lipinski definition) is 0. The molecule has 0 aromatic rings. The molecule has 0 spiro atoms. The maximum absolute atomic E-state index is 12.8. The molecule has 0 aromatic heterocycles. The van der Waals surface area contributed by atoms with Gasteiger partial charge in [-0.25, -0.2) is 0 Å². The van der Waals surface area contributed by atoms with E-state index >= 15 is 0 Å². The number of quaternary nitrogens is 1. The fourth-order valence-electron chi connectivity index (χ4n) is 6.89. The zero-order chi connectivity index (χ0) is 44.2. The quantitative estimate of drug-likeness (QED) is 0.0261. The Kier molecular flexibility index (Phi) is 40.6. The van der Waals surface area contributed by atoms with Crippen LogP contribution in [0.3, 0.4) is 0 Å². The van der Waals surface area contributed by atoms with Crippen molar-refractivity contribution in [2.75, 3.05) is 41.0 Å². The third-order valence-electron chi connectivity index (χ3n) is 10.7. The lowest BCUT2D eigenvalue weighted by molar-refractivity contribution is -0.889. The minimum Gasteiger partial charge on any atom is -0.544 e. The molecule has 0 saturated carbocycles. The Bertz CT molecular complexity index is 1170. The van der Waals surface area contributed by atoms with Gasteiger partial charge in [0, 0.05) is 19.3 Å². The Labute approximate surface area is 368 Å². The summed E-state index contributed by atoms with van der Waals surface area (Å²) in [5.74, 6) is -1.78. The second-order valence-electron chi connectivity index (χ2n) is 17.4. The van der Waals surface area contributed by atoms with Gasteiger partial charge in [-0.2, -0.15) is 0 Å². The SMILES string of the molecule is CCCCCCC/C=C/C=C/C=C/CCCCCCCC(=O)OC(COCCC(C(=O)[O-])[N+](C)(C)C)COC(=O)CCCCCCC/C=C/C=C/CCCCCCCCC. The van der Waals surface area contributed by atoms with Gasteiger partial charge in [0.2, 0.25) is 0 Å². The number of carbonyl (C=O) groups excluding carboxylic acids is 3. The molecule has 0 N–H and O–H groups in total. The number of unbranched alkanes of at least 4 members (excludes halogenated alkanes) is 22. The van der Waals surface area contributed by atoms with Crippen LogP contribution in [-0.2, 0) is 28.6 Å². The highest BCUT2D eigenvalue weighted by molar-refractivity contribution is 5.70. The number of likely N-dealkylation sites (N-methyl/N-ethyl adjacent to an activating group) is 1. The first kappa shape index (κ1) is 57.0. The molecular formula is C52H91NO7. The second kappa shape index (κ2) is 42.7. The smallest absolute Gasteiger partial charge is 0.306 e. The Hall–Kier alpha value is -2.97. The van der Waals surface area contributed by atoms with Crippen LogP contribution in [0, 0.1) is 0 Å². The minimum absolute atomic E-state index is 0.0253. The average molecular weight is 842 g/mol. The van der Waals surface area contributed by atoms with E-state index in [9.17, 15) is 19.5 Å². The standard InChI is InChI=1S/C52H91NO7/c1-6-8-10-12-14-16-18-20-22-24-26-28-30-32-34-36-38-40-42-50(54)59-47-48(46-58-45-44-49(52(56)57)53(3,4)5)60-51(55)43-41-39-37-35-33-31-29-27-25-23-21-19-17-15-13-11-9-7-2/h19,21-29,48-49H,6-18,20,30-47H2,1-5H3/b21-19+,24-22+,25-23+,28-26+,29-27+. The van der Waals surface area contributed by atoms with E-state index in [1.807, 2.05) is 0 Å². The predicted molar refractivity (Wildman–Crippen MR) is 249 cm³/mol. The van der Waals surface area contributed by atoms with E-state index in [4.69, 9.17) is 14.2 Å². The summed E-state index contributed by atoms with van der Waals surface area (Å²) in [4.78, 5) is 37.0. The summed E-state index contributed by atoms with van der Waals surface area (Å²) in [6, 6.07) is -0.735. The van der Waals surface area contributed by atoms with Crippen molar-refractivity contribution in [2.45, 2.75) is 212 Å². The van der Waals surface area contributed by atoms with Gasteiger partial charge in [-0.05, 0) is 64.2 Å². The van der Waals surface area contributed by atoms with E-state index in [0.29, 0.717) is 12.8 Å². The molecule has 0 saturated heterocycles. The molecule has 60 heavy (non-hydrogen) atoms. The van der Waals surface area contributed by atoms with Crippen LogP contribution in [0.25, 0.3) is 0 Å². The fraction of sp³-hybridized carbons (Fsp3) is 0.750. The van der Waals surface area contributed by atoms with Gasteiger partial charge in [0.1, 0.15) is 12.6 Å². The van der Waals surface area contributed by atoms with Crippen molar-refractivity contribution in [3.05, 3.63) is 60.8 Å². The summed E-state index contributed by atoms with van der Waals surface area (Å²) < 4.78 is 17.2. The highest BCUT2D eigenvalue weighted by atomic mass is 16.6. The van der Waals surface area contributed by atoms with E-state index in [1.54, 1.807) is 21.1 Å². The predicted octanol–water partition coefficient (Wildman–Crippen LogP) is 12.4. The number of rotatable bonds is 43. The van der Waals surface area contributed by atoms with Gasteiger partial charge >= 0.3 is 11.9 Å². The summed E-state index contributed by atoms with van der Waals surface area (Å²) >= 11 is 0. The summed E-state index contributed by atoms with van der Waals surface area (Å²) in [5, 5.41) is 11.6. The Balaban J connectivity index is 4.38. The van der Waals surface area contributed by atoms with Crippen molar-refractivity contribution in [3.63, 3.8) is 0 Å². The number of carboxylic acid groups (broad SMARTS) is 1. The van der Waals surface area contributed by atoms with E-state index < -0.39 is 18.1 Å². The molecule has 2 atom stereocenters. The van der Waals surface area contributed by atoms with E-state index in [2.05, 4.69) is 74.6 Å². The van der Waals surface area contributed by atoms with Crippen LogP contribution in [0.2, 0.25) is 0 Å². The van der Waals surface area contributed by atoms with Gasteiger partial charge < -0.3 is 28.6 Å². The summed E-state index contributed by atoms with van der Waals surface area (Å²) in [6.45, 7) is 4.61. The summed E-state index contributed by atoms with van der Waals surface area (Å²) in [7, 11) is 5.40. The topological polar surface area (TPSA) is 102 Å². The normalized spacial score (nSPS) is 13.4. The molecular weight excluding hydrogens is 751 g/mol. The van der Waals surface area contributed by atoms with Crippen molar-refractivity contribution in [1.82, 2.24) is 0 Å².